The third-order valence-corrected chi connectivity index (χ3v) is 3.00. The zero-order valence-corrected chi connectivity index (χ0v) is 10.2. The summed E-state index contributed by atoms with van der Waals surface area (Å²) in [4.78, 5) is 0.547. The summed E-state index contributed by atoms with van der Waals surface area (Å²) in [5, 5.41) is 0. The molecule has 1 aromatic carbocycles. The van der Waals surface area contributed by atoms with Gasteiger partial charge in [0.05, 0.1) is 12.1 Å². The van der Waals surface area contributed by atoms with E-state index >= 15 is 0 Å². The van der Waals surface area contributed by atoms with E-state index in [9.17, 15) is 0 Å². The van der Waals surface area contributed by atoms with Crippen LogP contribution in [0.4, 0.5) is 0 Å². The van der Waals surface area contributed by atoms with Crippen molar-refractivity contribution in [3.63, 3.8) is 0 Å². The molecule has 2 nitrogen and oxygen atoms in total. The van der Waals surface area contributed by atoms with Gasteiger partial charge in [0.25, 0.3) is 0 Å². The van der Waals surface area contributed by atoms with Crippen LogP contribution in [0.2, 0.25) is 0 Å². The lowest BCUT2D eigenvalue weighted by atomic mass is 9.86. The van der Waals surface area contributed by atoms with Gasteiger partial charge in [-0.1, -0.05) is 38.2 Å². The molecular weight excluding hydrogens is 206 g/mol. The minimum atomic E-state index is -0.151. The molecule has 1 aromatic rings. The van der Waals surface area contributed by atoms with Gasteiger partial charge in [-0.15, -0.1) is 0 Å². The van der Waals surface area contributed by atoms with E-state index in [0.717, 1.165) is 12.2 Å². The molecule has 82 valence electrons. The molecule has 0 unspecified atom stereocenters. The van der Waals surface area contributed by atoms with Crippen LogP contribution in [0.1, 0.15) is 19.4 Å². The molecule has 0 aliphatic heterocycles. The maximum atomic E-state index is 5.69. The Morgan fingerprint density at radius 2 is 2.13 bits per heavy atom. The number of benzene rings is 1. The molecule has 0 atom stereocenters. The minimum Gasteiger partial charge on any atom is -0.497 e. The fourth-order valence-electron chi connectivity index (χ4n) is 1.38. The second-order valence-electron chi connectivity index (χ2n) is 4.28. The molecule has 0 aliphatic rings. The van der Waals surface area contributed by atoms with E-state index in [-0.39, 0.29) is 5.41 Å². The van der Waals surface area contributed by atoms with E-state index in [0.29, 0.717) is 4.99 Å². The van der Waals surface area contributed by atoms with Crippen LogP contribution >= 0.6 is 12.2 Å². The number of hydrogen-bond acceptors (Lipinski definition) is 2. The highest BCUT2D eigenvalue weighted by atomic mass is 32.1. The first kappa shape index (κ1) is 12.0. The molecule has 0 fully saturated rings. The van der Waals surface area contributed by atoms with E-state index < -0.39 is 0 Å². The lowest BCUT2D eigenvalue weighted by Crippen LogP contribution is -2.31. The fourth-order valence-corrected chi connectivity index (χ4v) is 1.45. The van der Waals surface area contributed by atoms with E-state index in [1.807, 2.05) is 18.2 Å². The van der Waals surface area contributed by atoms with Crippen LogP contribution in [0.5, 0.6) is 5.75 Å². The summed E-state index contributed by atoms with van der Waals surface area (Å²) in [5.41, 5.74) is 6.72. The summed E-state index contributed by atoms with van der Waals surface area (Å²) in [7, 11) is 1.66. The lowest BCUT2D eigenvalue weighted by molar-refractivity contribution is 0.413. The second-order valence-corrected chi connectivity index (χ2v) is 4.72. The largest absolute Gasteiger partial charge is 0.497 e. The van der Waals surface area contributed by atoms with Gasteiger partial charge in [-0.05, 0) is 24.1 Å². The number of hydrogen-bond donors (Lipinski definition) is 1. The quantitative estimate of drug-likeness (QED) is 0.797. The van der Waals surface area contributed by atoms with Crippen molar-refractivity contribution in [1.82, 2.24) is 0 Å². The summed E-state index contributed by atoms with van der Waals surface area (Å²) in [6, 6.07) is 7.98. The van der Waals surface area contributed by atoms with Crippen LogP contribution in [0.3, 0.4) is 0 Å². The highest BCUT2D eigenvalue weighted by Gasteiger charge is 2.21. The first-order valence-corrected chi connectivity index (χ1v) is 5.29. The van der Waals surface area contributed by atoms with E-state index in [1.54, 1.807) is 7.11 Å². The molecule has 0 radical (unpaired) electrons. The predicted octanol–water partition coefficient (Wildman–Crippen LogP) is 2.55. The summed E-state index contributed by atoms with van der Waals surface area (Å²) < 4.78 is 5.17. The number of methoxy groups -OCH3 is 1. The summed E-state index contributed by atoms with van der Waals surface area (Å²) in [6.07, 6.45) is 0.833. The second kappa shape index (κ2) is 4.62. The first-order valence-electron chi connectivity index (χ1n) is 4.88. The Hall–Kier alpha value is -1.09. The Morgan fingerprint density at radius 1 is 1.47 bits per heavy atom. The summed E-state index contributed by atoms with van der Waals surface area (Å²) in [5.74, 6) is 0.867. The third kappa shape index (κ3) is 3.20. The lowest BCUT2D eigenvalue weighted by Gasteiger charge is -2.23. The molecule has 1 rings (SSSR count). The van der Waals surface area contributed by atoms with Crippen molar-refractivity contribution < 1.29 is 4.74 Å². The highest BCUT2D eigenvalue weighted by molar-refractivity contribution is 7.80. The maximum Gasteiger partial charge on any atom is 0.119 e. The van der Waals surface area contributed by atoms with Gasteiger partial charge in [-0.25, -0.2) is 0 Å². The van der Waals surface area contributed by atoms with Gasteiger partial charge in [0.1, 0.15) is 5.75 Å². The van der Waals surface area contributed by atoms with Crippen LogP contribution in [0.15, 0.2) is 24.3 Å². The van der Waals surface area contributed by atoms with Gasteiger partial charge >= 0.3 is 0 Å². The van der Waals surface area contributed by atoms with Gasteiger partial charge in [0.2, 0.25) is 0 Å². The zero-order valence-electron chi connectivity index (χ0n) is 9.41. The Bertz CT molecular complexity index is 360. The molecule has 2 N–H and O–H groups in total. The van der Waals surface area contributed by atoms with Gasteiger partial charge in [0, 0.05) is 5.41 Å². The van der Waals surface area contributed by atoms with Crippen LogP contribution in [0.25, 0.3) is 0 Å². The molecule has 15 heavy (non-hydrogen) atoms. The van der Waals surface area contributed by atoms with Crippen molar-refractivity contribution in [1.29, 1.82) is 0 Å². The number of ether oxygens (including phenoxy) is 1. The van der Waals surface area contributed by atoms with Gasteiger partial charge in [-0.2, -0.15) is 0 Å². The average molecular weight is 223 g/mol. The smallest absolute Gasteiger partial charge is 0.119 e. The van der Waals surface area contributed by atoms with Crippen LogP contribution in [-0.2, 0) is 6.42 Å². The normalized spacial score (nSPS) is 11.1. The van der Waals surface area contributed by atoms with Crippen molar-refractivity contribution in [3.05, 3.63) is 29.8 Å². The third-order valence-electron chi connectivity index (χ3n) is 2.45. The number of nitrogens with two attached hydrogens (primary N) is 1. The van der Waals surface area contributed by atoms with Crippen molar-refractivity contribution >= 4 is 17.2 Å². The summed E-state index contributed by atoms with van der Waals surface area (Å²) >= 11 is 5.04. The molecule has 0 saturated heterocycles. The molecule has 3 heteroatoms. The van der Waals surface area contributed by atoms with Crippen LogP contribution in [0, 0.1) is 5.41 Å². The minimum absolute atomic E-state index is 0.151. The SMILES string of the molecule is COc1cccc(CC(C)(C)C(N)=S)c1. The van der Waals surface area contributed by atoms with Gasteiger partial charge < -0.3 is 10.5 Å². The van der Waals surface area contributed by atoms with E-state index in [2.05, 4.69) is 19.9 Å². The van der Waals surface area contributed by atoms with Crippen molar-refractivity contribution in [3.8, 4) is 5.75 Å². The van der Waals surface area contributed by atoms with Crippen molar-refractivity contribution in [2.75, 3.05) is 7.11 Å². The molecule has 0 heterocycles. The Kier molecular flexibility index (Phi) is 3.69. The maximum absolute atomic E-state index is 5.69. The standard InChI is InChI=1S/C12H17NOS/c1-12(2,11(13)15)8-9-5-4-6-10(7-9)14-3/h4-7H,8H2,1-3H3,(H2,13,15). The van der Waals surface area contributed by atoms with Gasteiger partial charge in [-0.3, -0.25) is 0 Å². The van der Waals surface area contributed by atoms with Crippen LogP contribution in [-0.4, -0.2) is 12.1 Å². The molecule has 0 amide bonds. The number of thiocarbonyl (C=S) groups is 1. The first-order chi connectivity index (χ1) is 6.95. The van der Waals surface area contributed by atoms with Crippen molar-refractivity contribution in [2.24, 2.45) is 11.1 Å². The Balaban J connectivity index is 2.85. The van der Waals surface area contributed by atoms with E-state index in [4.69, 9.17) is 22.7 Å². The Morgan fingerprint density at radius 3 is 2.67 bits per heavy atom. The summed E-state index contributed by atoms with van der Waals surface area (Å²) in [6.45, 7) is 4.10. The van der Waals surface area contributed by atoms with Gasteiger partial charge in [0.15, 0.2) is 0 Å². The highest BCUT2D eigenvalue weighted by Crippen LogP contribution is 2.24. The molecule has 0 aromatic heterocycles. The fraction of sp³-hybridized carbons (Fsp3) is 0.417. The van der Waals surface area contributed by atoms with Crippen molar-refractivity contribution in [2.45, 2.75) is 20.3 Å². The van der Waals surface area contributed by atoms with Crippen LogP contribution < -0.4 is 10.5 Å². The molecule has 0 spiro atoms. The average Bonchev–Trinajstić information content (AvgIpc) is 2.17. The molecule has 0 saturated carbocycles. The Labute approximate surface area is 96.4 Å². The molecular formula is C12H17NOS. The predicted molar refractivity (Wildman–Crippen MR) is 67.3 cm³/mol. The monoisotopic (exact) mass is 223 g/mol. The topological polar surface area (TPSA) is 35.2 Å². The zero-order chi connectivity index (χ0) is 11.5. The molecule has 0 aliphatic carbocycles. The number of rotatable bonds is 4. The van der Waals surface area contributed by atoms with E-state index in [1.165, 1.54) is 5.56 Å². The molecule has 0 bridgehead atoms.